The summed E-state index contributed by atoms with van der Waals surface area (Å²) >= 11 is 0. The van der Waals surface area contributed by atoms with Crippen molar-refractivity contribution in [1.29, 1.82) is 0 Å². The highest BCUT2D eigenvalue weighted by Crippen LogP contribution is 2.28. The predicted molar refractivity (Wildman–Crippen MR) is 102 cm³/mol. The van der Waals surface area contributed by atoms with E-state index >= 15 is 0 Å². The summed E-state index contributed by atoms with van der Waals surface area (Å²) in [6.07, 6.45) is 5.87. The molecule has 132 valence electrons. The average molecular weight is 348 g/mol. The van der Waals surface area contributed by atoms with Crippen LogP contribution in [0.3, 0.4) is 0 Å². The van der Waals surface area contributed by atoms with Gasteiger partial charge in [-0.1, -0.05) is 18.2 Å². The Kier molecular flexibility index (Phi) is 4.44. The first-order valence-electron chi connectivity index (χ1n) is 8.83. The normalized spacial score (nSPS) is 16.3. The van der Waals surface area contributed by atoms with Gasteiger partial charge in [0.1, 0.15) is 5.75 Å². The number of allylic oxidation sites excluding steroid dienone is 1. The molecule has 0 atom stereocenters. The molecule has 5 nitrogen and oxygen atoms in total. The molecule has 2 aliphatic heterocycles. The summed E-state index contributed by atoms with van der Waals surface area (Å²) in [6, 6.07) is 13.3. The van der Waals surface area contributed by atoms with E-state index in [0.29, 0.717) is 17.0 Å². The molecule has 0 bridgehead atoms. The lowest BCUT2D eigenvalue weighted by atomic mass is 10.1. The Morgan fingerprint density at radius 2 is 1.85 bits per heavy atom. The molecule has 0 spiro atoms. The number of nitrogens with one attached hydrogen (secondary N) is 1. The number of amides is 1. The first kappa shape index (κ1) is 16.4. The zero-order valence-corrected chi connectivity index (χ0v) is 14.4. The first-order valence-corrected chi connectivity index (χ1v) is 8.83. The van der Waals surface area contributed by atoms with E-state index in [1.807, 2.05) is 18.2 Å². The van der Waals surface area contributed by atoms with Gasteiger partial charge in [-0.3, -0.25) is 9.59 Å². The lowest BCUT2D eigenvalue weighted by Crippen LogP contribution is -2.25. The smallest absolute Gasteiger partial charge is 0.262 e. The van der Waals surface area contributed by atoms with Crippen LogP contribution in [-0.2, 0) is 4.79 Å². The molecule has 1 fully saturated rings. The Bertz CT molecular complexity index is 865. The Hall–Kier alpha value is -3.08. The van der Waals surface area contributed by atoms with Gasteiger partial charge in [0.25, 0.3) is 5.91 Å². The van der Waals surface area contributed by atoms with E-state index in [1.54, 1.807) is 24.3 Å². The lowest BCUT2D eigenvalue weighted by Gasteiger charge is -2.18. The predicted octanol–water partition coefficient (Wildman–Crippen LogP) is 3.51. The van der Waals surface area contributed by atoms with E-state index < -0.39 is 0 Å². The number of hydrogen-bond donors (Lipinski definition) is 1. The molecule has 0 aromatic heterocycles. The summed E-state index contributed by atoms with van der Waals surface area (Å²) in [4.78, 5) is 26.2. The summed E-state index contributed by atoms with van der Waals surface area (Å²) in [5.74, 6) is 0.259. The summed E-state index contributed by atoms with van der Waals surface area (Å²) < 4.78 is 5.31. The second-order valence-electron chi connectivity index (χ2n) is 6.53. The number of benzene rings is 2. The third-order valence-corrected chi connectivity index (χ3v) is 4.69. The number of carbonyl (C=O) groups is 2. The van der Waals surface area contributed by atoms with Crippen LogP contribution in [0.1, 0.15) is 28.8 Å². The first-order chi connectivity index (χ1) is 12.7. The van der Waals surface area contributed by atoms with Crippen molar-refractivity contribution in [3.63, 3.8) is 0 Å². The van der Waals surface area contributed by atoms with Crippen LogP contribution in [0.25, 0.3) is 6.08 Å². The number of rotatable bonds is 4. The number of ketones is 1. The molecule has 5 heteroatoms. The molecule has 0 aliphatic carbocycles. The fraction of sp³-hybridized carbons (Fsp3) is 0.238. The van der Waals surface area contributed by atoms with Crippen molar-refractivity contribution in [3.05, 3.63) is 59.7 Å². The van der Waals surface area contributed by atoms with Gasteiger partial charge in [0.2, 0.25) is 0 Å². The van der Waals surface area contributed by atoms with Crippen LogP contribution >= 0.6 is 0 Å². The highest BCUT2D eigenvalue weighted by Gasteiger charge is 2.17. The molecule has 2 aromatic carbocycles. The molecule has 2 heterocycles. The quantitative estimate of drug-likeness (QED) is 0.678. The van der Waals surface area contributed by atoms with Crippen LogP contribution in [0.5, 0.6) is 5.75 Å². The summed E-state index contributed by atoms with van der Waals surface area (Å²) in [5, 5.41) is 2.72. The van der Waals surface area contributed by atoms with Crippen molar-refractivity contribution in [2.24, 2.45) is 0 Å². The van der Waals surface area contributed by atoms with Gasteiger partial charge in [0, 0.05) is 24.3 Å². The minimum atomic E-state index is -0.212. The molecule has 1 amide bonds. The second-order valence-corrected chi connectivity index (χ2v) is 6.53. The zero-order valence-electron chi connectivity index (χ0n) is 14.4. The van der Waals surface area contributed by atoms with E-state index in [-0.39, 0.29) is 18.3 Å². The number of hydrogen-bond acceptors (Lipinski definition) is 4. The van der Waals surface area contributed by atoms with E-state index in [4.69, 9.17) is 4.74 Å². The number of ether oxygens (including phenoxy) is 1. The van der Waals surface area contributed by atoms with Gasteiger partial charge < -0.3 is 15.0 Å². The molecule has 0 unspecified atom stereocenters. The van der Waals surface area contributed by atoms with Crippen LogP contribution in [0.4, 0.5) is 11.4 Å². The minimum Gasteiger partial charge on any atom is -0.482 e. The summed E-state index contributed by atoms with van der Waals surface area (Å²) in [7, 11) is 0. The van der Waals surface area contributed by atoms with Gasteiger partial charge in [0.05, 0.1) is 5.69 Å². The fourth-order valence-corrected chi connectivity index (χ4v) is 3.28. The molecule has 0 radical (unpaired) electrons. The molecule has 26 heavy (non-hydrogen) atoms. The maximum atomic E-state index is 12.4. The molecule has 0 saturated carbocycles. The van der Waals surface area contributed by atoms with Gasteiger partial charge in [0.15, 0.2) is 12.4 Å². The second kappa shape index (κ2) is 7.04. The average Bonchev–Trinajstić information content (AvgIpc) is 3.20. The third kappa shape index (κ3) is 3.47. The number of carbonyl (C=O) groups excluding carboxylic acids is 2. The van der Waals surface area contributed by atoms with Gasteiger partial charge >= 0.3 is 0 Å². The van der Waals surface area contributed by atoms with Gasteiger partial charge in [-0.25, -0.2) is 0 Å². The van der Waals surface area contributed by atoms with Crippen LogP contribution in [0, 0.1) is 0 Å². The highest BCUT2D eigenvalue weighted by molar-refractivity contribution is 6.08. The molecule has 4 rings (SSSR count). The minimum absolute atomic E-state index is 0.00756. The van der Waals surface area contributed by atoms with E-state index in [1.165, 1.54) is 18.5 Å². The Labute approximate surface area is 152 Å². The monoisotopic (exact) mass is 348 g/mol. The van der Waals surface area contributed by atoms with Crippen LogP contribution < -0.4 is 15.0 Å². The SMILES string of the molecule is O=C1COc2ccc(C(=O)/C=C/c3ccc(N4CCCC4)cc3)cc2N1. The number of nitrogens with zero attached hydrogens (tertiary/aromatic N) is 1. The topological polar surface area (TPSA) is 58.6 Å². The van der Waals surface area contributed by atoms with Crippen molar-refractivity contribution >= 4 is 29.1 Å². The largest absolute Gasteiger partial charge is 0.482 e. The Morgan fingerprint density at radius 1 is 1.08 bits per heavy atom. The van der Waals surface area contributed by atoms with Crippen LogP contribution in [-0.4, -0.2) is 31.4 Å². The van der Waals surface area contributed by atoms with Gasteiger partial charge in [-0.15, -0.1) is 0 Å². The lowest BCUT2D eigenvalue weighted by molar-refractivity contribution is -0.118. The van der Waals surface area contributed by atoms with Crippen molar-refractivity contribution < 1.29 is 14.3 Å². The number of anilines is 2. The Morgan fingerprint density at radius 3 is 2.62 bits per heavy atom. The third-order valence-electron chi connectivity index (χ3n) is 4.69. The van der Waals surface area contributed by atoms with E-state index in [2.05, 4.69) is 22.3 Å². The summed E-state index contributed by atoms with van der Waals surface area (Å²) in [5.41, 5.74) is 3.27. The summed E-state index contributed by atoms with van der Waals surface area (Å²) in [6.45, 7) is 2.24. The van der Waals surface area contributed by atoms with Gasteiger partial charge in [-0.05, 0) is 54.8 Å². The fourth-order valence-electron chi connectivity index (χ4n) is 3.28. The van der Waals surface area contributed by atoms with Gasteiger partial charge in [-0.2, -0.15) is 0 Å². The molecule has 2 aliphatic rings. The zero-order chi connectivity index (χ0) is 17.9. The Balaban J connectivity index is 1.45. The maximum Gasteiger partial charge on any atom is 0.262 e. The van der Waals surface area contributed by atoms with E-state index in [0.717, 1.165) is 18.7 Å². The van der Waals surface area contributed by atoms with Crippen molar-refractivity contribution in [1.82, 2.24) is 0 Å². The van der Waals surface area contributed by atoms with Crippen molar-refractivity contribution in [2.45, 2.75) is 12.8 Å². The van der Waals surface area contributed by atoms with E-state index in [9.17, 15) is 9.59 Å². The molecular formula is C21H20N2O3. The molecular weight excluding hydrogens is 328 g/mol. The molecule has 1 N–H and O–H groups in total. The maximum absolute atomic E-state index is 12.4. The molecule has 1 saturated heterocycles. The standard InChI is InChI=1S/C21H20N2O3/c24-19(16-6-10-20-18(13-16)22-21(25)14-26-20)9-5-15-3-7-17(8-4-15)23-11-1-2-12-23/h3-10,13H,1-2,11-12,14H2,(H,22,25)/b9-5+. The highest BCUT2D eigenvalue weighted by atomic mass is 16.5. The van der Waals surface area contributed by atoms with Crippen molar-refractivity contribution in [3.8, 4) is 5.75 Å². The molecule has 2 aromatic rings. The van der Waals surface area contributed by atoms with Crippen LogP contribution in [0.2, 0.25) is 0 Å². The number of fused-ring (bicyclic) bond motifs is 1. The van der Waals surface area contributed by atoms with Crippen molar-refractivity contribution in [2.75, 3.05) is 29.9 Å². The van der Waals surface area contributed by atoms with Crippen LogP contribution in [0.15, 0.2) is 48.5 Å².